The Bertz CT molecular complexity index is 891. The first-order valence-electron chi connectivity index (χ1n) is 9.56. The Morgan fingerprint density at radius 2 is 1.71 bits per heavy atom. The molecule has 1 aromatic heterocycles. The number of anilines is 1. The number of carbonyl (C=O) groups is 1. The van der Waals surface area contributed by atoms with E-state index in [0.717, 1.165) is 28.4 Å². The highest BCUT2D eigenvalue weighted by Gasteiger charge is 2.06. The largest absolute Gasteiger partial charge is 0.325 e. The van der Waals surface area contributed by atoms with Gasteiger partial charge in [-0.2, -0.15) is 0 Å². The molecule has 0 spiro atoms. The summed E-state index contributed by atoms with van der Waals surface area (Å²) in [4.78, 5) is 12.2. The van der Waals surface area contributed by atoms with Crippen LogP contribution in [0.4, 0.5) is 5.69 Å². The maximum atomic E-state index is 12.2. The zero-order valence-electron chi connectivity index (χ0n) is 16.3. The average molecular weight is 392 g/mol. The number of aromatic nitrogens is 2. The van der Waals surface area contributed by atoms with Crippen molar-refractivity contribution < 1.29 is 4.79 Å². The molecule has 0 saturated heterocycles. The Kier molecular flexibility index (Phi) is 7.20. The van der Waals surface area contributed by atoms with Gasteiger partial charge in [0.25, 0.3) is 0 Å². The number of hydrogen-bond acceptors (Lipinski definition) is 4. The molecule has 1 heterocycles. The number of aryl methyl sites for hydroxylation is 2. The maximum absolute atomic E-state index is 12.2. The van der Waals surface area contributed by atoms with Crippen LogP contribution in [0.25, 0.3) is 11.3 Å². The summed E-state index contributed by atoms with van der Waals surface area (Å²) in [6.07, 6.45) is 3.45. The minimum absolute atomic E-state index is 0.0456. The van der Waals surface area contributed by atoms with Crippen molar-refractivity contribution in [3.05, 3.63) is 71.8 Å². The third-order valence-corrected chi connectivity index (χ3v) is 5.32. The Balaban J connectivity index is 1.49. The maximum Gasteiger partial charge on any atom is 0.234 e. The molecule has 1 N–H and O–H groups in total. The monoisotopic (exact) mass is 391 g/mol. The minimum Gasteiger partial charge on any atom is -0.325 e. The number of benzene rings is 2. The van der Waals surface area contributed by atoms with Gasteiger partial charge in [0, 0.05) is 11.3 Å². The van der Waals surface area contributed by atoms with Crippen molar-refractivity contribution in [3.63, 3.8) is 0 Å². The molecule has 0 aliphatic heterocycles. The summed E-state index contributed by atoms with van der Waals surface area (Å²) in [5, 5.41) is 12.2. The molecule has 1 amide bonds. The summed E-state index contributed by atoms with van der Waals surface area (Å²) in [6.45, 7) is 4.24. The molecular formula is C23H25N3OS. The SMILES string of the molecule is CCCCc1ccc(NC(=O)CSc2ccc(-c3ccc(C)cc3)nn2)cc1. The van der Waals surface area contributed by atoms with Crippen molar-refractivity contribution in [1.82, 2.24) is 10.2 Å². The molecule has 28 heavy (non-hydrogen) atoms. The fraction of sp³-hybridized carbons (Fsp3) is 0.261. The summed E-state index contributed by atoms with van der Waals surface area (Å²) in [5.74, 6) is 0.256. The molecule has 2 aromatic carbocycles. The number of nitrogens with one attached hydrogen (secondary N) is 1. The first kappa shape index (κ1) is 20.1. The van der Waals surface area contributed by atoms with E-state index >= 15 is 0 Å². The predicted molar refractivity (Wildman–Crippen MR) is 117 cm³/mol. The van der Waals surface area contributed by atoms with Crippen LogP contribution >= 0.6 is 11.8 Å². The molecule has 0 aliphatic carbocycles. The molecule has 0 fully saturated rings. The Morgan fingerprint density at radius 3 is 2.36 bits per heavy atom. The first-order valence-corrected chi connectivity index (χ1v) is 10.5. The minimum atomic E-state index is -0.0456. The van der Waals surface area contributed by atoms with Gasteiger partial charge in [-0.1, -0.05) is 67.1 Å². The zero-order chi connectivity index (χ0) is 19.8. The molecule has 0 atom stereocenters. The normalized spacial score (nSPS) is 10.6. The lowest BCUT2D eigenvalue weighted by molar-refractivity contribution is -0.113. The van der Waals surface area contributed by atoms with E-state index < -0.39 is 0 Å². The van der Waals surface area contributed by atoms with Gasteiger partial charge in [-0.05, 0) is 49.6 Å². The third kappa shape index (κ3) is 5.92. The molecular weight excluding hydrogens is 366 g/mol. The van der Waals surface area contributed by atoms with Crippen LogP contribution < -0.4 is 5.32 Å². The number of unbranched alkanes of at least 4 members (excludes halogenated alkanes) is 1. The average Bonchev–Trinajstić information content (AvgIpc) is 2.73. The second-order valence-corrected chi connectivity index (χ2v) is 7.76. The second-order valence-electron chi connectivity index (χ2n) is 6.76. The van der Waals surface area contributed by atoms with E-state index in [1.165, 1.54) is 35.7 Å². The summed E-state index contributed by atoms with van der Waals surface area (Å²) in [5.41, 5.74) is 5.21. The van der Waals surface area contributed by atoms with Crippen molar-refractivity contribution in [3.8, 4) is 11.3 Å². The van der Waals surface area contributed by atoms with Gasteiger partial charge in [-0.3, -0.25) is 4.79 Å². The second kappa shape index (κ2) is 10.0. The molecule has 0 unspecified atom stereocenters. The van der Waals surface area contributed by atoms with E-state index in [0.29, 0.717) is 5.75 Å². The molecule has 3 rings (SSSR count). The number of carbonyl (C=O) groups excluding carboxylic acids is 1. The number of thioether (sulfide) groups is 1. The van der Waals surface area contributed by atoms with Gasteiger partial charge in [0.1, 0.15) is 5.03 Å². The quantitative estimate of drug-likeness (QED) is 0.513. The molecule has 0 bridgehead atoms. The molecule has 0 aliphatic rings. The highest BCUT2D eigenvalue weighted by atomic mass is 32.2. The van der Waals surface area contributed by atoms with Crippen molar-refractivity contribution in [2.45, 2.75) is 38.1 Å². The van der Waals surface area contributed by atoms with Crippen LogP contribution in [0.1, 0.15) is 30.9 Å². The topological polar surface area (TPSA) is 54.9 Å². The molecule has 3 aromatic rings. The van der Waals surface area contributed by atoms with Crippen LogP contribution in [0.5, 0.6) is 0 Å². The standard InChI is InChI=1S/C23H25N3OS/c1-3-4-5-18-8-12-20(13-9-18)24-22(27)16-28-23-15-14-21(25-26-23)19-10-6-17(2)7-11-19/h6-15H,3-5,16H2,1-2H3,(H,24,27). The van der Waals surface area contributed by atoms with Crippen LogP contribution in [0.3, 0.4) is 0 Å². The van der Waals surface area contributed by atoms with Gasteiger partial charge in [-0.15, -0.1) is 10.2 Å². The van der Waals surface area contributed by atoms with E-state index in [2.05, 4.69) is 53.6 Å². The highest BCUT2D eigenvalue weighted by Crippen LogP contribution is 2.20. The van der Waals surface area contributed by atoms with E-state index in [9.17, 15) is 4.79 Å². The highest BCUT2D eigenvalue weighted by molar-refractivity contribution is 7.99. The Labute approximate surface area is 170 Å². The lowest BCUT2D eigenvalue weighted by atomic mass is 10.1. The molecule has 144 valence electrons. The smallest absolute Gasteiger partial charge is 0.234 e. The van der Waals surface area contributed by atoms with E-state index in [-0.39, 0.29) is 5.91 Å². The lowest BCUT2D eigenvalue weighted by Crippen LogP contribution is -2.14. The molecule has 0 saturated carbocycles. The van der Waals surface area contributed by atoms with Crippen LogP contribution in [-0.2, 0) is 11.2 Å². The van der Waals surface area contributed by atoms with Gasteiger partial charge in [0.05, 0.1) is 11.4 Å². The molecule has 0 radical (unpaired) electrons. The van der Waals surface area contributed by atoms with Crippen LogP contribution in [0.15, 0.2) is 65.7 Å². The Morgan fingerprint density at radius 1 is 0.964 bits per heavy atom. The predicted octanol–water partition coefficient (Wildman–Crippen LogP) is 5.53. The summed E-state index contributed by atoms with van der Waals surface area (Å²) >= 11 is 1.38. The van der Waals surface area contributed by atoms with Crippen molar-refractivity contribution >= 4 is 23.4 Å². The Hall–Kier alpha value is -2.66. The fourth-order valence-corrected chi connectivity index (χ4v) is 3.36. The summed E-state index contributed by atoms with van der Waals surface area (Å²) < 4.78 is 0. The van der Waals surface area contributed by atoms with Gasteiger partial charge in [0.15, 0.2) is 0 Å². The molecule has 5 heteroatoms. The van der Waals surface area contributed by atoms with Crippen LogP contribution in [0.2, 0.25) is 0 Å². The van der Waals surface area contributed by atoms with Crippen molar-refractivity contribution in [2.75, 3.05) is 11.1 Å². The number of hydrogen-bond donors (Lipinski definition) is 1. The van der Waals surface area contributed by atoms with Gasteiger partial charge < -0.3 is 5.32 Å². The van der Waals surface area contributed by atoms with Gasteiger partial charge in [0.2, 0.25) is 5.91 Å². The van der Waals surface area contributed by atoms with Crippen molar-refractivity contribution in [2.24, 2.45) is 0 Å². The third-order valence-electron chi connectivity index (χ3n) is 4.40. The number of nitrogens with zero attached hydrogens (tertiary/aromatic N) is 2. The van der Waals surface area contributed by atoms with E-state index in [1.807, 2.05) is 36.4 Å². The summed E-state index contributed by atoms with van der Waals surface area (Å²) in [7, 11) is 0. The van der Waals surface area contributed by atoms with Gasteiger partial charge in [-0.25, -0.2) is 0 Å². The van der Waals surface area contributed by atoms with E-state index in [1.54, 1.807) is 0 Å². The number of rotatable bonds is 8. The fourth-order valence-electron chi connectivity index (χ4n) is 2.75. The van der Waals surface area contributed by atoms with E-state index in [4.69, 9.17) is 0 Å². The lowest BCUT2D eigenvalue weighted by Gasteiger charge is -2.07. The number of amides is 1. The van der Waals surface area contributed by atoms with Crippen molar-refractivity contribution in [1.29, 1.82) is 0 Å². The molecule has 4 nitrogen and oxygen atoms in total. The summed E-state index contributed by atoms with van der Waals surface area (Å²) in [6, 6.07) is 20.1. The van der Waals surface area contributed by atoms with Gasteiger partial charge >= 0.3 is 0 Å². The first-order chi connectivity index (χ1) is 13.6. The van der Waals surface area contributed by atoms with Crippen LogP contribution in [-0.4, -0.2) is 21.9 Å². The zero-order valence-corrected chi connectivity index (χ0v) is 17.1. The van der Waals surface area contributed by atoms with Crippen LogP contribution in [0, 0.1) is 6.92 Å².